The number of carbonyl (C=O) groups excluding carboxylic acids is 1. The molecule has 1 aromatic carbocycles. The topological polar surface area (TPSA) is 73.8 Å². The summed E-state index contributed by atoms with van der Waals surface area (Å²) in [4.78, 5) is 14.4. The zero-order valence-electron chi connectivity index (χ0n) is 11.3. The monoisotopic (exact) mass is 277 g/mol. The third-order valence-corrected chi connectivity index (χ3v) is 3.74. The average Bonchev–Trinajstić information content (AvgIpc) is 2.53. The van der Waals surface area contributed by atoms with E-state index in [4.69, 9.17) is 4.74 Å². The van der Waals surface area contributed by atoms with E-state index in [1.54, 1.807) is 4.90 Å². The number of nitrogens with one attached hydrogen (secondary N) is 2. The number of benzene rings is 1. The van der Waals surface area contributed by atoms with Gasteiger partial charge in [0.2, 0.25) is 0 Å². The maximum atomic E-state index is 12.7. The Kier molecular flexibility index (Phi) is 3.75. The number of morpholine rings is 1. The lowest BCUT2D eigenvalue weighted by molar-refractivity contribution is -0.0183. The van der Waals surface area contributed by atoms with E-state index < -0.39 is 0 Å². The Bertz CT molecular complexity index is 506. The molecule has 0 saturated carbocycles. The summed E-state index contributed by atoms with van der Waals surface area (Å²) in [6, 6.07) is 5.40. The SMILES string of the molecule is O=C(c1cccc2c1NCCN2)N1CCOCC1CO. The minimum atomic E-state index is -0.261. The van der Waals surface area contributed by atoms with Crippen molar-refractivity contribution >= 4 is 17.3 Å². The molecule has 2 aliphatic rings. The first kappa shape index (κ1) is 13.2. The Hall–Kier alpha value is -1.79. The quantitative estimate of drug-likeness (QED) is 0.728. The van der Waals surface area contributed by atoms with Crippen molar-refractivity contribution in [1.82, 2.24) is 4.90 Å². The minimum absolute atomic E-state index is 0.0552. The number of anilines is 2. The van der Waals surface area contributed by atoms with Crippen molar-refractivity contribution in [2.45, 2.75) is 6.04 Å². The van der Waals surface area contributed by atoms with E-state index in [1.165, 1.54) is 0 Å². The van der Waals surface area contributed by atoms with Gasteiger partial charge in [0, 0.05) is 19.6 Å². The molecule has 3 N–H and O–H groups in total. The molecule has 0 aromatic heterocycles. The van der Waals surface area contributed by atoms with Crippen LogP contribution in [0.2, 0.25) is 0 Å². The van der Waals surface area contributed by atoms with Crippen LogP contribution in [0.3, 0.4) is 0 Å². The Balaban J connectivity index is 1.90. The number of para-hydroxylation sites is 1. The van der Waals surface area contributed by atoms with Crippen LogP contribution < -0.4 is 10.6 Å². The number of ether oxygens (including phenoxy) is 1. The second kappa shape index (κ2) is 5.68. The van der Waals surface area contributed by atoms with Crippen LogP contribution in [0, 0.1) is 0 Å². The highest BCUT2D eigenvalue weighted by Crippen LogP contribution is 2.29. The molecule has 3 rings (SSSR count). The zero-order valence-corrected chi connectivity index (χ0v) is 11.3. The van der Waals surface area contributed by atoms with Gasteiger partial charge in [-0.2, -0.15) is 0 Å². The number of rotatable bonds is 2. The van der Waals surface area contributed by atoms with E-state index in [0.29, 0.717) is 25.3 Å². The number of aliphatic hydroxyl groups is 1. The van der Waals surface area contributed by atoms with Crippen molar-refractivity contribution in [2.24, 2.45) is 0 Å². The summed E-state index contributed by atoms with van der Waals surface area (Å²) in [5, 5.41) is 16.0. The van der Waals surface area contributed by atoms with Gasteiger partial charge in [-0.15, -0.1) is 0 Å². The van der Waals surface area contributed by atoms with E-state index in [2.05, 4.69) is 10.6 Å². The maximum absolute atomic E-state index is 12.7. The molecular formula is C14H19N3O3. The van der Waals surface area contributed by atoms with Gasteiger partial charge in [-0.3, -0.25) is 4.79 Å². The molecule has 1 fully saturated rings. The Labute approximate surface area is 117 Å². The van der Waals surface area contributed by atoms with Crippen molar-refractivity contribution < 1.29 is 14.6 Å². The van der Waals surface area contributed by atoms with Crippen LogP contribution in [0.1, 0.15) is 10.4 Å². The molecule has 20 heavy (non-hydrogen) atoms. The molecule has 108 valence electrons. The number of aliphatic hydroxyl groups excluding tert-OH is 1. The third kappa shape index (κ3) is 2.32. The number of carbonyl (C=O) groups is 1. The molecule has 0 bridgehead atoms. The van der Waals surface area contributed by atoms with E-state index in [-0.39, 0.29) is 18.6 Å². The molecular weight excluding hydrogens is 258 g/mol. The molecule has 1 unspecified atom stereocenters. The smallest absolute Gasteiger partial charge is 0.256 e. The molecule has 1 saturated heterocycles. The van der Waals surface area contributed by atoms with Gasteiger partial charge >= 0.3 is 0 Å². The van der Waals surface area contributed by atoms with Crippen LogP contribution in [-0.2, 0) is 4.74 Å². The van der Waals surface area contributed by atoms with Crippen LogP contribution in [0.5, 0.6) is 0 Å². The van der Waals surface area contributed by atoms with Crippen molar-refractivity contribution in [3.05, 3.63) is 23.8 Å². The summed E-state index contributed by atoms with van der Waals surface area (Å²) < 4.78 is 5.32. The number of fused-ring (bicyclic) bond motifs is 1. The molecule has 0 spiro atoms. The summed E-state index contributed by atoms with van der Waals surface area (Å²) in [6.45, 7) is 2.99. The molecule has 6 nitrogen and oxygen atoms in total. The van der Waals surface area contributed by atoms with Crippen molar-refractivity contribution in [3.63, 3.8) is 0 Å². The first-order chi connectivity index (χ1) is 9.81. The summed E-state index contributed by atoms with van der Waals surface area (Å²) in [5.74, 6) is -0.0552. The maximum Gasteiger partial charge on any atom is 0.256 e. The predicted octanol–water partition coefficient (Wildman–Crippen LogP) is 0.357. The molecule has 2 heterocycles. The van der Waals surface area contributed by atoms with Crippen molar-refractivity contribution in [3.8, 4) is 0 Å². The van der Waals surface area contributed by atoms with Crippen molar-refractivity contribution in [1.29, 1.82) is 0 Å². The summed E-state index contributed by atoms with van der Waals surface area (Å²) in [6.07, 6.45) is 0. The highest BCUT2D eigenvalue weighted by atomic mass is 16.5. The molecule has 6 heteroatoms. The summed E-state index contributed by atoms with van der Waals surface area (Å²) in [7, 11) is 0. The lowest BCUT2D eigenvalue weighted by Crippen LogP contribution is -2.50. The Morgan fingerprint density at radius 1 is 1.40 bits per heavy atom. The molecule has 1 amide bonds. The molecule has 2 aliphatic heterocycles. The molecule has 1 aromatic rings. The Morgan fingerprint density at radius 3 is 3.10 bits per heavy atom. The fourth-order valence-electron chi connectivity index (χ4n) is 2.68. The number of nitrogens with zero attached hydrogens (tertiary/aromatic N) is 1. The first-order valence-electron chi connectivity index (χ1n) is 6.91. The van der Waals surface area contributed by atoms with Crippen molar-refractivity contribution in [2.75, 3.05) is 50.1 Å². The average molecular weight is 277 g/mol. The summed E-state index contributed by atoms with van der Waals surface area (Å²) >= 11 is 0. The minimum Gasteiger partial charge on any atom is -0.394 e. The second-order valence-corrected chi connectivity index (χ2v) is 4.99. The van der Waals surface area contributed by atoms with Gasteiger partial charge in [0.05, 0.1) is 42.8 Å². The second-order valence-electron chi connectivity index (χ2n) is 4.99. The van der Waals surface area contributed by atoms with Crippen LogP contribution in [0.25, 0.3) is 0 Å². The van der Waals surface area contributed by atoms with Gasteiger partial charge in [-0.25, -0.2) is 0 Å². The van der Waals surface area contributed by atoms with Gasteiger partial charge in [-0.05, 0) is 12.1 Å². The fourth-order valence-corrected chi connectivity index (χ4v) is 2.68. The van der Waals surface area contributed by atoms with Gasteiger partial charge < -0.3 is 25.4 Å². The molecule has 1 atom stereocenters. The van der Waals surface area contributed by atoms with Crippen LogP contribution in [0.4, 0.5) is 11.4 Å². The van der Waals surface area contributed by atoms with E-state index >= 15 is 0 Å². The van der Waals surface area contributed by atoms with Crippen LogP contribution in [-0.4, -0.2) is 61.4 Å². The van der Waals surface area contributed by atoms with E-state index in [0.717, 1.165) is 24.5 Å². The molecule has 0 aliphatic carbocycles. The zero-order chi connectivity index (χ0) is 13.9. The molecule has 0 radical (unpaired) electrons. The highest BCUT2D eigenvalue weighted by molar-refractivity contribution is 6.03. The van der Waals surface area contributed by atoms with Gasteiger partial charge in [0.15, 0.2) is 0 Å². The highest BCUT2D eigenvalue weighted by Gasteiger charge is 2.29. The number of hydrogen-bond acceptors (Lipinski definition) is 5. The third-order valence-electron chi connectivity index (χ3n) is 3.74. The first-order valence-corrected chi connectivity index (χ1v) is 6.91. The number of hydrogen-bond donors (Lipinski definition) is 3. The standard InChI is InChI=1S/C14H19N3O3/c18-8-10-9-20-7-6-17(10)14(19)11-2-1-3-12-13(11)16-5-4-15-12/h1-3,10,15-16,18H,4-9H2. The van der Waals surface area contributed by atoms with Gasteiger partial charge in [-0.1, -0.05) is 6.07 Å². The van der Waals surface area contributed by atoms with Crippen LogP contribution >= 0.6 is 0 Å². The van der Waals surface area contributed by atoms with Gasteiger partial charge in [0.1, 0.15) is 0 Å². The number of amides is 1. The van der Waals surface area contributed by atoms with Crippen LogP contribution in [0.15, 0.2) is 18.2 Å². The Morgan fingerprint density at radius 2 is 2.25 bits per heavy atom. The van der Waals surface area contributed by atoms with E-state index in [1.807, 2.05) is 18.2 Å². The largest absolute Gasteiger partial charge is 0.394 e. The fraction of sp³-hybridized carbons (Fsp3) is 0.500. The lowest BCUT2D eigenvalue weighted by Gasteiger charge is -2.35. The van der Waals surface area contributed by atoms with Gasteiger partial charge in [0.25, 0.3) is 5.91 Å². The normalized spacial score (nSPS) is 21.6. The lowest BCUT2D eigenvalue weighted by atomic mass is 10.1. The summed E-state index contributed by atoms with van der Waals surface area (Å²) in [5.41, 5.74) is 2.46. The predicted molar refractivity (Wildman–Crippen MR) is 76.2 cm³/mol. The van der Waals surface area contributed by atoms with E-state index in [9.17, 15) is 9.90 Å².